The van der Waals surface area contributed by atoms with Crippen LogP contribution in [0.15, 0.2) is 42.0 Å². The zero-order valence-corrected chi connectivity index (χ0v) is 16.1. The van der Waals surface area contributed by atoms with Crippen molar-refractivity contribution in [3.05, 3.63) is 42.0 Å². The molecule has 2 rings (SSSR count). The summed E-state index contributed by atoms with van der Waals surface area (Å²) < 4.78 is 3.64. The maximum Gasteiger partial charge on any atom is -1.00 e. The van der Waals surface area contributed by atoms with Crippen LogP contribution in [0.2, 0.25) is 0 Å². The summed E-state index contributed by atoms with van der Waals surface area (Å²) in [7, 11) is 0. The van der Waals surface area contributed by atoms with Crippen LogP contribution >= 0.6 is 0 Å². The van der Waals surface area contributed by atoms with Crippen LogP contribution in [0.4, 0.5) is 0 Å². The fraction of sp³-hybridized carbons (Fsp3) is 0.500. The molecule has 2 aliphatic carbocycles. The molecule has 0 nitrogen and oxygen atoms in total. The van der Waals surface area contributed by atoms with Crippen LogP contribution in [0, 0.1) is 11.8 Å². The second-order valence-corrected chi connectivity index (χ2v) is 9.10. The average molecular weight is 376 g/mol. The van der Waals surface area contributed by atoms with E-state index in [4.69, 9.17) is 0 Å². The van der Waals surface area contributed by atoms with Gasteiger partial charge in [-0.3, -0.25) is 0 Å². The van der Waals surface area contributed by atoms with Gasteiger partial charge < -0.3 is 24.8 Å². The van der Waals surface area contributed by atoms with Crippen molar-refractivity contribution in [2.45, 2.75) is 40.5 Å². The van der Waals surface area contributed by atoms with Gasteiger partial charge in [0.15, 0.2) is 0 Å². The maximum absolute atomic E-state index is 2.37. The van der Waals surface area contributed by atoms with E-state index in [1.54, 1.807) is 11.1 Å². The summed E-state index contributed by atoms with van der Waals surface area (Å²) in [6, 6.07) is 0. The van der Waals surface area contributed by atoms with Crippen molar-refractivity contribution in [3.8, 4) is 0 Å². The normalized spacial score (nSPS) is 17.2. The zero-order chi connectivity index (χ0) is 12.4. The first-order valence-corrected chi connectivity index (χ1v) is 9.11. The number of hydrogen-bond donors (Lipinski definition) is 0. The Labute approximate surface area is 141 Å². The Kier molecular flexibility index (Phi) is 8.85. The van der Waals surface area contributed by atoms with Crippen LogP contribution in [0.3, 0.4) is 0 Å². The number of hydrogen-bond acceptors (Lipinski definition) is 0. The largest absolute Gasteiger partial charge is 1.00 e. The minimum Gasteiger partial charge on any atom is -1.00 e. The van der Waals surface area contributed by atoms with E-state index in [1.807, 2.05) is 6.56 Å². The average Bonchev–Trinajstić information content (AvgIpc) is 2.86. The molecule has 0 spiro atoms. The summed E-state index contributed by atoms with van der Waals surface area (Å²) in [5.41, 5.74) is 3.30. The van der Waals surface area contributed by atoms with Crippen molar-refractivity contribution in [2.24, 2.45) is 11.8 Å². The minimum absolute atomic E-state index is 0. The van der Waals surface area contributed by atoms with Crippen molar-refractivity contribution < 1.29 is 48.0 Å². The van der Waals surface area contributed by atoms with Crippen molar-refractivity contribution in [1.29, 1.82) is 0 Å². The molecule has 0 aromatic heterocycles. The van der Waals surface area contributed by atoms with Crippen LogP contribution < -0.4 is 24.8 Å². The molecular formula is C16H22Cl2Zr. The van der Waals surface area contributed by atoms with Crippen LogP contribution in [0.5, 0.6) is 0 Å². The van der Waals surface area contributed by atoms with Crippen molar-refractivity contribution in [1.82, 2.24) is 0 Å². The minimum atomic E-state index is -0.491. The molecule has 0 radical (unpaired) electrons. The molecule has 0 atom stereocenters. The van der Waals surface area contributed by atoms with E-state index in [9.17, 15) is 0 Å². The van der Waals surface area contributed by atoms with E-state index in [2.05, 4.69) is 52.0 Å². The summed E-state index contributed by atoms with van der Waals surface area (Å²) in [6.45, 7) is 9.31. The Morgan fingerprint density at radius 1 is 0.789 bits per heavy atom. The molecule has 19 heavy (non-hydrogen) atoms. The standard InChI is InChI=1S/2C8H11.2ClH.Zr/c2*1-7(2)8-5-3-4-6-8;;;/h2*3,5,7H,4H2,1-2H3;2*1H;/q;;;;+2/p-2. The van der Waals surface area contributed by atoms with Gasteiger partial charge in [-0.05, 0) is 0 Å². The predicted octanol–water partition coefficient (Wildman–Crippen LogP) is -1.18. The number of halogens is 2. The molecule has 0 aromatic carbocycles. The summed E-state index contributed by atoms with van der Waals surface area (Å²) in [6.07, 6.45) is 12.0. The third-order valence-corrected chi connectivity index (χ3v) is 7.39. The Balaban J connectivity index is 0.00000162. The molecule has 0 N–H and O–H groups in total. The molecule has 0 heterocycles. The first kappa shape index (κ1) is 19.4. The van der Waals surface area contributed by atoms with E-state index in [0.29, 0.717) is 11.8 Å². The third kappa shape index (κ3) is 4.73. The Morgan fingerprint density at radius 3 is 1.47 bits per heavy atom. The first-order valence-electron chi connectivity index (χ1n) is 6.65. The molecule has 0 amide bonds. The van der Waals surface area contributed by atoms with E-state index in [-0.39, 0.29) is 24.8 Å². The fourth-order valence-corrected chi connectivity index (χ4v) is 7.07. The van der Waals surface area contributed by atoms with Crippen LogP contribution in [0.1, 0.15) is 40.5 Å². The maximum atomic E-state index is 2.37. The van der Waals surface area contributed by atoms with Gasteiger partial charge >= 0.3 is 118 Å². The SMILES string of the molecule is CC(C)C1=[C]([Zr+2][C]2=C(C(C)C)C=CC2)CC=C1.[Cl-].[Cl-]. The Morgan fingerprint density at radius 2 is 1.16 bits per heavy atom. The van der Waals surface area contributed by atoms with Gasteiger partial charge in [0.05, 0.1) is 0 Å². The quantitative estimate of drug-likeness (QED) is 0.579. The van der Waals surface area contributed by atoms with Crippen molar-refractivity contribution in [3.63, 3.8) is 0 Å². The molecular weight excluding hydrogens is 354 g/mol. The van der Waals surface area contributed by atoms with Gasteiger partial charge in [-0.15, -0.1) is 0 Å². The molecule has 0 saturated heterocycles. The van der Waals surface area contributed by atoms with Gasteiger partial charge in [-0.25, -0.2) is 0 Å². The smallest absolute Gasteiger partial charge is 1.00 e. The van der Waals surface area contributed by atoms with Crippen molar-refractivity contribution in [2.75, 3.05) is 0 Å². The van der Waals surface area contributed by atoms with Gasteiger partial charge in [-0.1, -0.05) is 0 Å². The molecule has 0 bridgehead atoms. The molecule has 104 valence electrons. The summed E-state index contributed by atoms with van der Waals surface area (Å²) in [5.74, 6) is 1.42. The molecule has 3 heteroatoms. The number of rotatable bonds is 4. The van der Waals surface area contributed by atoms with E-state index >= 15 is 0 Å². The predicted molar refractivity (Wildman–Crippen MR) is 71.2 cm³/mol. The van der Waals surface area contributed by atoms with Gasteiger partial charge in [-0.2, -0.15) is 0 Å². The molecule has 0 aromatic rings. The van der Waals surface area contributed by atoms with Crippen LogP contribution in [-0.2, 0) is 23.2 Å². The fourth-order valence-electron chi connectivity index (χ4n) is 2.55. The summed E-state index contributed by atoms with van der Waals surface area (Å²) in [4.78, 5) is 0. The molecule has 0 fully saturated rings. The Bertz CT molecular complexity index is 386. The van der Waals surface area contributed by atoms with E-state index in [0.717, 1.165) is 0 Å². The molecule has 0 unspecified atom stereocenters. The third-order valence-electron chi connectivity index (χ3n) is 3.48. The van der Waals surface area contributed by atoms with Gasteiger partial charge in [0.25, 0.3) is 0 Å². The van der Waals surface area contributed by atoms with Crippen LogP contribution in [0.25, 0.3) is 0 Å². The van der Waals surface area contributed by atoms with Gasteiger partial charge in [0.2, 0.25) is 0 Å². The van der Waals surface area contributed by atoms with Gasteiger partial charge in [0.1, 0.15) is 0 Å². The zero-order valence-electron chi connectivity index (χ0n) is 12.1. The summed E-state index contributed by atoms with van der Waals surface area (Å²) in [5, 5.41) is 0. The Hall–Kier alpha value is 0.423. The monoisotopic (exact) mass is 374 g/mol. The topological polar surface area (TPSA) is 0 Å². The van der Waals surface area contributed by atoms with E-state index < -0.39 is 23.2 Å². The first-order chi connectivity index (χ1) is 8.09. The molecule has 2 aliphatic rings. The number of allylic oxidation sites excluding steroid dienone is 8. The molecule has 0 aliphatic heterocycles. The summed E-state index contributed by atoms with van der Waals surface area (Å²) >= 11 is -0.491. The second-order valence-electron chi connectivity index (χ2n) is 5.52. The molecule has 0 saturated carbocycles. The van der Waals surface area contributed by atoms with Crippen molar-refractivity contribution >= 4 is 0 Å². The van der Waals surface area contributed by atoms with Crippen LogP contribution in [-0.4, -0.2) is 0 Å². The van der Waals surface area contributed by atoms with Gasteiger partial charge in [0, 0.05) is 0 Å². The second kappa shape index (κ2) is 8.65. The van der Waals surface area contributed by atoms with E-state index in [1.165, 1.54) is 12.8 Å².